The first kappa shape index (κ1) is 17.8. The number of nitrogens with zero attached hydrogens (tertiary/aromatic N) is 4. The molecule has 5 aromatic rings. The number of fused-ring (bicyclic) bond motifs is 3. The molecule has 146 valence electrons. The van der Waals surface area contributed by atoms with Gasteiger partial charge in [0.1, 0.15) is 5.76 Å². The standard InChI is InChI=1S/C21H19N5O2S/c1-13-10-16(14(2)25(13)11-15-6-5-9-28-15)19(27)12-29-21-24-23-20-22-17-7-3-4-8-18(17)26(20)21/h3-10H,11-12H2,1-2H3,(H,22,23). The van der Waals surface area contributed by atoms with Crippen LogP contribution < -0.4 is 0 Å². The van der Waals surface area contributed by atoms with Gasteiger partial charge in [0.2, 0.25) is 5.78 Å². The molecule has 0 radical (unpaired) electrons. The smallest absolute Gasteiger partial charge is 0.231 e. The summed E-state index contributed by atoms with van der Waals surface area (Å²) in [5.74, 6) is 1.93. The van der Waals surface area contributed by atoms with E-state index in [2.05, 4.69) is 19.7 Å². The van der Waals surface area contributed by atoms with Gasteiger partial charge in [-0.15, -0.1) is 5.10 Å². The van der Waals surface area contributed by atoms with E-state index in [0.29, 0.717) is 18.1 Å². The van der Waals surface area contributed by atoms with Gasteiger partial charge < -0.3 is 8.98 Å². The molecule has 0 fully saturated rings. The van der Waals surface area contributed by atoms with Crippen molar-refractivity contribution in [3.63, 3.8) is 0 Å². The van der Waals surface area contributed by atoms with Gasteiger partial charge in [0.25, 0.3) is 0 Å². The summed E-state index contributed by atoms with van der Waals surface area (Å²) >= 11 is 1.41. The fourth-order valence-electron chi connectivity index (χ4n) is 3.63. The quantitative estimate of drug-likeness (QED) is 0.337. The maximum atomic E-state index is 12.9. The number of aromatic nitrogens is 5. The Balaban J connectivity index is 1.38. The van der Waals surface area contributed by atoms with Crippen molar-refractivity contribution >= 4 is 34.4 Å². The monoisotopic (exact) mass is 405 g/mol. The molecule has 5 rings (SSSR count). The Hall–Kier alpha value is -3.26. The molecule has 0 aliphatic carbocycles. The van der Waals surface area contributed by atoms with E-state index in [1.165, 1.54) is 11.8 Å². The lowest BCUT2D eigenvalue weighted by Gasteiger charge is -2.07. The number of rotatable bonds is 6. The van der Waals surface area contributed by atoms with Crippen LogP contribution >= 0.6 is 11.8 Å². The molecule has 0 bridgehead atoms. The fraction of sp³-hybridized carbons (Fsp3) is 0.190. The zero-order chi connectivity index (χ0) is 20.0. The Kier molecular flexibility index (Phi) is 4.28. The number of aromatic amines is 1. The molecule has 0 spiro atoms. The molecule has 8 heteroatoms. The van der Waals surface area contributed by atoms with E-state index < -0.39 is 0 Å². The van der Waals surface area contributed by atoms with Crippen molar-refractivity contribution in [2.75, 3.05) is 5.75 Å². The number of aryl methyl sites for hydroxylation is 1. The molecule has 4 aromatic heterocycles. The van der Waals surface area contributed by atoms with Crippen molar-refractivity contribution in [1.82, 2.24) is 24.1 Å². The van der Waals surface area contributed by atoms with E-state index >= 15 is 0 Å². The highest BCUT2D eigenvalue weighted by atomic mass is 32.2. The Morgan fingerprint density at radius 1 is 1.21 bits per heavy atom. The molecule has 0 amide bonds. The first-order chi connectivity index (χ1) is 14.1. The van der Waals surface area contributed by atoms with Crippen molar-refractivity contribution in [3.05, 3.63) is 71.4 Å². The highest BCUT2D eigenvalue weighted by Gasteiger charge is 2.19. The highest BCUT2D eigenvalue weighted by Crippen LogP contribution is 2.25. The van der Waals surface area contributed by atoms with Crippen molar-refractivity contribution in [3.8, 4) is 0 Å². The zero-order valence-corrected chi connectivity index (χ0v) is 16.9. The number of ketones is 1. The van der Waals surface area contributed by atoms with Crippen molar-refractivity contribution in [2.45, 2.75) is 25.5 Å². The lowest BCUT2D eigenvalue weighted by molar-refractivity contribution is 0.102. The van der Waals surface area contributed by atoms with E-state index in [1.807, 2.05) is 60.7 Å². The van der Waals surface area contributed by atoms with Gasteiger partial charge in [-0.25, -0.2) is 10.1 Å². The summed E-state index contributed by atoms with van der Waals surface area (Å²) in [6.07, 6.45) is 1.66. The molecule has 0 unspecified atom stereocenters. The first-order valence-electron chi connectivity index (χ1n) is 9.28. The van der Waals surface area contributed by atoms with Crippen LogP contribution in [0.3, 0.4) is 0 Å². The summed E-state index contributed by atoms with van der Waals surface area (Å²) in [5.41, 5.74) is 4.60. The van der Waals surface area contributed by atoms with E-state index in [1.54, 1.807) is 6.26 Å². The van der Waals surface area contributed by atoms with Gasteiger partial charge in [0.05, 0.1) is 29.6 Å². The molecule has 0 saturated heterocycles. The van der Waals surface area contributed by atoms with E-state index in [4.69, 9.17) is 4.42 Å². The van der Waals surface area contributed by atoms with Crippen LogP contribution in [0.2, 0.25) is 0 Å². The number of hydrogen-bond acceptors (Lipinski definition) is 5. The van der Waals surface area contributed by atoms with Gasteiger partial charge in [0.15, 0.2) is 10.9 Å². The molecular formula is C21H19N5O2S. The van der Waals surface area contributed by atoms with Gasteiger partial charge in [-0.1, -0.05) is 23.9 Å². The van der Waals surface area contributed by atoms with Gasteiger partial charge >= 0.3 is 0 Å². The van der Waals surface area contributed by atoms with Crippen LogP contribution in [0.25, 0.3) is 16.8 Å². The van der Waals surface area contributed by atoms with Gasteiger partial charge in [0, 0.05) is 17.0 Å². The maximum absolute atomic E-state index is 12.9. The minimum atomic E-state index is 0.0781. The molecule has 1 N–H and O–H groups in total. The number of furan rings is 1. The van der Waals surface area contributed by atoms with Crippen molar-refractivity contribution in [1.29, 1.82) is 0 Å². The lowest BCUT2D eigenvalue weighted by atomic mass is 10.2. The summed E-state index contributed by atoms with van der Waals surface area (Å²) in [6, 6.07) is 13.6. The zero-order valence-electron chi connectivity index (χ0n) is 16.0. The molecule has 0 aliphatic rings. The second-order valence-corrected chi connectivity index (χ2v) is 7.87. The van der Waals surface area contributed by atoms with Crippen LogP contribution in [0.15, 0.2) is 58.3 Å². The van der Waals surface area contributed by atoms with Crippen LogP contribution in [-0.4, -0.2) is 35.7 Å². The van der Waals surface area contributed by atoms with E-state index in [0.717, 1.165) is 38.9 Å². The minimum absolute atomic E-state index is 0.0781. The lowest BCUT2D eigenvalue weighted by Crippen LogP contribution is -2.07. The van der Waals surface area contributed by atoms with Crippen LogP contribution in [0.1, 0.15) is 27.5 Å². The maximum Gasteiger partial charge on any atom is 0.231 e. The number of hydrogen-bond donors (Lipinski definition) is 1. The third kappa shape index (κ3) is 3.05. The number of imidazole rings is 1. The average molecular weight is 405 g/mol. The molecule has 0 saturated carbocycles. The second-order valence-electron chi connectivity index (χ2n) is 6.93. The van der Waals surface area contributed by atoms with Crippen LogP contribution in [0.5, 0.6) is 0 Å². The number of para-hydroxylation sites is 2. The minimum Gasteiger partial charge on any atom is -0.467 e. The molecule has 0 aliphatic heterocycles. The van der Waals surface area contributed by atoms with Crippen LogP contribution in [0.4, 0.5) is 0 Å². The van der Waals surface area contributed by atoms with Crippen molar-refractivity contribution in [2.24, 2.45) is 0 Å². The number of benzene rings is 1. The first-order valence-corrected chi connectivity index (χ1v) is 10.3. The molecule has 29 heavy (non-hydrogen) atoms. The molecule has 7 nitrogen and oxygen atoms in total. The summed E-state index contributed by atoms with van der Waals surface area (Å²) in [5, 5.41) is 8.01. The Bertz CT molecular complexity index is 1330. The fourth-order valence-corrected chi connectivity index (χ4v) is 4.47. The summed E-state index contributed by atoms with van der Waals surface area (Å²) in [6.45, 7) is 4.60. The van der Waals surface area contributed by atoms with Gasteiger partial charge in [-0.05, 0) is 44.2 Å². The summed E-state index contributed by atoms with van der Waals surface area (Å²) in [4.78, 5) is 17.5. The average Bonchev–Trinajstić information content (AvgIpc) is 3.48. The molecular weight excluding hydrogens is 386 g/mol. The third-order valence-electron chi connectivity index (χ3n) is 5.10. The number of carbonyl (C=O) groups excluding carboxylic acids is 1. The van der Waals surface area contributed by atoms with Gasteiger partial charge in [-0.3, -0.25) is 9.20 Å². The predicted molar refractivity (Wildman–Crippen MR) is 112 cm³/mol. The van der Waals surface area contributed by atoms with Crippen LogP contribution in [0, 0.1) is 13.8 Å². The highest BCUT2D eigenvalue weighted by molar-refractivity contribution is 7.99. The Morgan fingerprint density at radius 3 is 2.90 bits per heavy atom. The normalized spacial score (nSPS) is 11.7. The Morgan fingerprint density at radius 2 is 2.07 bits per heavy atom. The SMILES string of the molecule is Cc1cc(C(=O)CSc2n[nH]c3nc4ccccc4n23)c(C)n1Cc1ccco1. The number of carbonyl (C=O) groups is 1. The van der Waals surface area contributed by atoms with Crippen LogP contribution in [-0.2, 0) is 6.54 Å². The van der Waals surface area contributed by atoms with Crippen molar-refractivity contribution < 1.29 is 9.21 Å². The molecule has 1 aromatic carbocycles. The topological polar surface area (TPSA) is 81.1 Å². The van der Waals surface area contributed by atoms with Gasteiger partial charge in [-0.2, -0.15) is 0 Å². The third-order valence-corrected chi connectivity index (χ3v) is 6.04. The molecule has 0 atom stereocenters. The number of Topliss-reactive ketones (excluding diaryl/α,β-unsaturated/α-hetero) is 1. The second kappa shape index (κ2) is 6.97. The number of H-pyrrole nitrogens is 1. The Labute approximate surface area is 170 Å². The largest absolute Gasteiger partial charge is 0.467 e. The van der Waals surface area contributed by atoms with E-state index in [9.17, 15) is 4.79 Å². The summed E-state index contributed by atoms with van der Waals surface area (Å²) in [7, 11) is 0. The van der Waals surface area contributed by atoms with E-state index in [-0.39, 0.29) is 5.78 Å². The predicted octanol–water partition coefficient (Wildman–Crippen LogP) is 4.25. The number of nitrogens with one attached hydrogen (secondary N) is 1. The number of thioether (sulfide) groups is 1. The molecule has 4 heterocycles. The summed E-state index contributed by atoms with van der Waals surface area (Å²) < 4.78 is 9.51.